The highest BCUT2D eigenvalue weighted by atomic mass is 16.3. The molecule has 1 saturated heterocycles. The molecule has 8 nitrogen and oxygen atoms in total. The molecule has 1 aromatic heterocycles. The van der Waals surface area contributed by atoms with Crippen LogP contribution < -0.4 is 5.32 Å². The second-order valence-electron chi connectivity index (χ2n) is 6.41. The maximum atomic E-state index is 12.5. The maximum Gasteiger partial charge on any atom is 0.317 e. The predicted octanol–water partition coefficient (Wildman–Crippen LogP) is 1.35. The highest BCUT2D eigenvalue weighted by Crippen LogP contribution is 2.19. The number of piperazine rings is 1. The SMILES string of the molecule is CC(NC(=O)N1CCN(C(=O)c2ccccc2O)CC1)c1cnn(C)c1. The number of para-hydroxylation sites is 1. The molecule has 0 saturated carbocycles. The molecule has 138 valence electrons. The first-order valence-electron chi connectivity index (χ1n) is 8.57. The largest absolute Gasteiger partial charge is 0.507 e. The van der Waals surface area contributed by atoms with E-state index >= 15 is 0 Å². The van der Waals surface area contributed by atoms with Crippen molar-refractivity contribution in [2.75, 3.05) is 26.2 Å². The lowest BCUT2D eigenvalue weighted by Crippen LogP contribution is -2.53. The number of aromatic hydroxyl groups is 1. The summed E-state index contributed by atoms with van der Waals surface area (Å²) >= 11 is 0. The molecule has 0 bridgehead atoms. The number of hydrogen-bond donors (Lipinski definition) is 2. The molecule has 3 rings (SSSR count). The lowest BCUT2D eigenvalue weighted by Gasteiger charge is -2.35. The fraction of sp³-hybridized carbons (Fsp3) is 0.389. The highest BCUT2D eigenvalue weighted by Gasteiger charge is 2.26. The van der Waals surface area contributed by atoms with Gasteiger partial charge in [-0.15, -0.1) is 0 Å². The molecule has 2 N–H and O–H groups in total. The second-order valence-corrected chi connectivity index (χ2v) is 6.41. The number of hydrogen-bond acceptors (Lipinski definition) is 4. The molecule has 8 heteroatoms. The van der Waals surface area contributed by atoms with Crippen LogP contribution in [0.25, 0.3) is 0 Å². The maximum absolute atomic E-state index is 12.5. The summed E-state index contributed by atoms with van der Waals surface area (Å²) in [6, 6.07) is 6.20. The van der Waals surface area contributed by atoms with E-state index < -0.39 is 0 Å². The number of nitrogens with zero attached hydrogens (tertiary/aromatic N) is 4. The van der Waals surface area contributed by atoms with Gasteiger partial charge in [0.25, 0.3) is 5.91 Å². The Balaban J connectivity index is 1.54. The average Bonchev–Trinajstić information content (AvgIpc) is 3.08. The number of phenolic OH excluding ortho intramolecular Hbond substituents is 1. The molecule has 0 aliphatic carbocycles. The number of carbonyl (C=O) groups is 2. The van der Waals surface area contributed by atoms with Gasteiger partial charge in [0.05, 0.1) is 17.8 Å². The molecule has 2 aromatic rings. The summed E-state index contributed by atoms with van der Waals surface area (Å²) in [7, 11) is 1.83. The van der Waals surface area contributed by atoms with Gasteiger partial charge in [-0.1, -0.05) is 12.1 Å². The van der Waals surface area contributed by atoms with Gasteiger partial charge in [0.2, 0.25) is 0 Å². The number of nitrogens with one attached hydrogen (secondary N) is 1. The molecular formula is C18H23N5O3. The number of aryl methyl sites for hydroxylation is 1. The van der Waals surface area contributed by atoms with Crippen LogP contribution >= 0.6 is 0 Å². The van der Waals surface area contributed by atoms with Gasteiger partial charge >= 0.3 is 6.03 Å². The number of carbonyl (C=O) groups excluding carboxylic acids is 2. The van der Waals surface area contributed by atoms with Crippen LogP contribution in [0.2, 0.25) is 0 Å². The fourth-order valence-corrected chi connectivity index (χ4v) is 2.96. The third-order valence-corrected chi connectivity index (χ3v) is 4.55. The number of phenols is 1. The van der Waals surface area contributed by atoms with Crippen molar-refractivity contribution in [1.82, 2.24) is 24.9 Å². The molecular weight excluding hydrogens is 334 g/mol. The molecule has 1 unspecified atom stereocenters. The van der Waals surface area contributed by atoms with E-state index in [0.717, 1.165) is 5.56 Å². The zero-order chi connectivity index (χ0) is 18.7. The van der Waals surface area contributed by atoms with Gasteiger partial charge in [-0.05, 0) is 19.1 Å². The minimum Gasteiger partial charge on any atom is -0.507 e. The van der Waals surface area contributed by atoms with Crippen LogP contribution in [0.1, 0.15) is 28.9 Å². The van der Waals surface area contributed by atoms with Crippen LogP contribution in [-0.4, -0.2) is 62.8 Å². The topological polar surface area (TPSA) is 90.7 Å². The molecule has 0 radical (unpaired) electrons. The normalized spacial score (nSPS) is 15.6. The summed E-state index contributed by atoms with van der Waals surface area (Å²) in [6.45, 7) is 3.67. The Morgan fingerprint density at radius 1 is 1.15 bits per heavy atom. The lowest BCUT2D eigenvalue weighted by molar-refractivity contribution is 0.0660. The Kier molecular flexibility index (Phi) is 5.11. The molecule has 1 aliphatic rings. The summed E-state index contributed by atoms with van der Waals surface area (Å²) in [5.74, 6) is -0.241. The molecule has 1 atom stereocenters. The van der Waals surface area contributed by atoms with E-state index in [-0.39, 0.29) is 29.3 Å². The Labute approximate surface area is 152 Å². The lowest BCUT2D eigenvalue weighted by atomic mass is 10.1. The van der Waals surface area contributed by atoms with Crippen LogP contribution in [0.15, 0.2) is 36.7 Å². The van der Waals surface area contributed by atoms with Crippen molar-refractivity contribution < 1.29 is 14.7 Å². The van der Waals surface area contributed by atoms with Crippen molar-refractivity contribution in [2.45, 2.75) is 13.0 Å². The third kappa shape index (κ3) is 3.79. The van der Waals surface area contributed by atoms with Crippen LogP contribution in [0.5, 0.6) is 5.75 Å². The average molecular weight is 357 g/mol. The Morgan fingerprint density at radius 3 is 2.42 bits per heavy atom. The van der Waals surface area contributed by atoms with Crippen molar-refractivity contribution in [2.24, 2.45) is 7.05 Å². The molecule has 0 spiro atoms. The van der Waals surface area contributed by atoms with Gasteiger partial charge in [-0.3, -0.25) is 9.48 Å². The fourth-order valence-electron chi connectivity index (χ4n) is 2.96. The van der Waals surface area contributed by atoms with Crippen molar-refractivity contribution >= 4 is 11.9 Å². The first-order valence-corrected chi connectivity index (χ1v) is 8.57. The van der Waals surface area contributed by atoms with Crippen molar-refractivity contribution in [3.63, 3.8) is 0 Å². The van der Waals surface area contributed by atoms with Crippen LogP contribution in [0.4, 0.5) is 4.79 Å². The molecule has 2 heterocycles. The number of urea groups is 1. The van der Waals surface area contributed by atoms with Gasteiger partial charge in [-0.25, -0.2) is 4.79 Å². The number of amides is 3. The Hall–Kier alpha value is -3.03. The predicted molar refractivity (Wildman–Crippen MR) is 95.7 cm³/mol. The van der Waals surface area contributed by atoms with E-state index in [1.54, 1.807) is 38.9 Å². The Bertz CT molecular complexity index is 796. The summed E-state index contributed by atoms with van der Waals surface area (Å²) < 4.78 is 1.70. The van der Waals surface area contributed by atoms with Gasteiger partial charge in [0.1, 0.15) is 5.75 Å². The van der Waals surface area contributed by atoms with E-state index in [9.17, 15) is 14.7 Å². The molecule has 26 heavy (non-hydrogen) atoms. The van der Waals surface area contributed by atoms with Crippen LogP contribution in [0, 0.1) is 0 Å². The van der Waals surface area contributed by atoms with Gasteiger partial charge in [0, 0.05) is 45.0 Å². The molecule has 3 amide bonds. The molecule has 1 fully saturated rings. The van der Waals surface area contributed by atoms with Crippen LogP contribution in [-0.2, 0) is 7.05 Å². The Morgan fingerprint density at radius 2 is 1.81 bits per heavy atom. The van der Waals surface area contributed by atoms with Crippen molar-refractivity contribution in [1.29, 1.82) is 0 Å². The zero-order valence-electron chi connectivity index (χ0n) is 14.9. The summed E-state index contributed by atoms with van der Waals surface area (Å²) in [4.78, 5) is 28.3. The van der Waals surface area contributed by atoms with Crippen LogP contribution in [0.3, 0.4) is 0 Å². The standard InChI is InChI=1S/C18H23N5O3/c1-13(14-11-19-21(2)12-14)20-18(26)23-9-7-22(8-10-23)17(25)15-5-3-4-6-16(15)24/h3-6,11-13,24H,7-10H2,1-2H3,(H,20,26). The first kappa shape index (κ1) is 17.8. The van der Waals surface area contributed by atoms with E-state index in [4.69, 9.17) is 0 Å². The summed E-state index contributed by atoms with van der Waals surface area (Å²) in [5.41, 5.74) is 1.23. The monoisotopic (exact) mass is 357 g/mol. The van der Waals surface area contributed by atoms with Crippen molar-refractivity contribution in [3.05, 3.63) is 47.8 Å². The zero-order valence-corrected chi connectivity index (χ0v) is 14.9. The van der Waals surface area contributed by atoms with E-state index in [2.05, 4.69) is 10.4 Å². The van der Waals surface area contributed by atoms with Gasteiger partial charge in [-0.2, -0.15) is 5.10 Å². The minimum absolute atomic E-state index is 0.0250. The number of rotatable bonds is 3. The molecule has 1 aliphatic heterocycles. The molecule has 1 aromatic carbocycles. The quantitative estimate of drug-likeness (QED) is 0.868. The summed E-state index contributed by atoms with van der Waals surface area (Å²) in [6.07, 6.45) is 3.60. The highest BCUT2D eigenvalue weighted by molar-refractivity contribution is 5.97. The van der Waals surface area contributed by atoms with E-state index in [1.807, 2.05) is 20.2 Å². The smallest absolute Gasteiger partial charge is 0.317 e. The second kappa shape index (κ2) is 7.47. The van der Waals surface area contributed by atoms with E-state index in [1.165, 1.54) is 6.07 Å². The summed E-state index contributed by atoms with van der Waals surface area (Å²) in [5, 5.41) is 16.9. The van der Waals surface area contributed by atoms with E-state index in [0.29, 0.717) is 26.2 Å². The van der Waals surface area contributed by atoms with Gasteiger partial charge in [0.15, 0.2) is 0 Å². The van der Waals surface area contributed by atoms with Crippen molar-refractivity contribution in [3.8, 4) is 5.75 Å². The van der Waals surface area contributed by atoms with Gasteiger partial charge < -0.3 is 20.2 Å². The minimum atomic E-state index is -0.216. The number of benzene rings is 1. The number of aromatic nitrogens is 2. The third-order valence-electron chi connectivity index (χ3n) is 4.55. The first-order chi connectivity index (χ1) is 12.5.